The van der Waals surface area contributed by atoms with Crippen LogP contribution in [0.4, 0.5) is 9.52 Å². The van der Waals surface area contributed by atoms with Crippen molar-refractivity contribution < 1.29 is 9.18 Å². The molecule has 4 rings (SSSR count). The molecule has 0 radical (unpaired) electrons. The number of imidazole rings is 1. The highest BCUT2D eigenvalue weighted by Crippen LogP contribution is 2.26. The summed E-state index contributed by atoms with van der Waals surface area (Å²) in [5, 5.41) is 5.28. The van der Waals surface area contributed by atoms with Crippen LogP contribution in [0.1, 0.15) is 16.8 Å². The quantitative estimate of drug-likeness (QED) is 0.571. The smallest absolute Gasteiger partial charge is 0.232 e. The molecule has 0 saturated heterocycles. The maximum Gasteiger partial charge on any atom is 0.232 e. The Morgan fingerprint density at radius 3 is 2.81 bits per heavy atom. The number of pyridine rings is 1. The first-order valence-electron chi connectivity index (χ1n) is 8.44. The Bertz CT molecular complexity index is 1150. The molecule has 1 aromatic carbocycles. The van der Waals surface area contributed by atoms with E-state index in [1.54, 1.807) is 16.7 Å². The Morgan fingerprint density at radius 1 is 1.15 bits per heavy atom. The lowest BCUT2D eigenvalue weighted by atomic mass is 10.1. The van der Waals surface area contributed by atoms with E-state index in [-0.39, 0.29) is 18.1 Å². The number of halogens is 1. The fourth-order valence-corrected chi connectivity index (χ4v) is 3.53. The molecule has 0 unspecified atom stereocenters. The van der Waals surface area contributed by atoms with Crippen LogP contribution >= 0.6 is 11.3 Å². The zero-order valence-electron chi connectivity index (χ0n) is 14.9. The standard InChI is InChI=1S/C20H17FN4OS/c1-12-3-4-14(7-13(12)2)17-11-27-20(23-17)24-19(26)8-16-10-25-9-15(21)5-6-18(25)22-16/h3-7,9-11H,8H2,1-2H3,(H,23,24,26). The molecule has 0 saturated carbocycles. The number of aryl methyl sites for hydroxylation is 2. The first kappa shape index (κ1) is 17.4. The van der Waals surface area contributed by atoms with Crippen molar-refractivity contribution >= 4 is 28.0 Å². The van der Waals surface area contributed by atoms with Crippen LogP contribution in [-0.4, -0.2) is 20.3 Å². The van der Waals surface area contributed by atoms with Crippen LogP contribution in [0.2, 0.25) is 0 Å². The van der Waals surface area contributed by atoms with Crippen molar-refractivity contribution in [3.05, 3.63) is 70.7 Å². The fourth-order valence-electron chi connectivity index (χ4n) is 2.79. The number of rotatable bonds is 4. The van der Waals surface area contributed by atoms with Gasteiger partial charge in [0.1, 0.15) is 11.5 Å². The van der Waals surface area contributed by atoms with Gasteiger partial charge in [0.2, 0.25) is 5.91 Å². The van der Waals surface area contributed by atoms with E-state index in [4.69, 9.17) is 0 Å². The average molecular weight is 380 g/mol. The summed E-state index contributed by atoms with van der Waals surface area (Å²) in [5.41, 5.74) is 5.47. The molecule has 1 amide bonds. The van der Waals surface area contributed by atoms with Crippen molar-refractivity contribution in [3.8, 4) is 11.3 Å². The largest absolute Gasteiger partial charge is 0.304 e. The van der Waals surface area contributed by atoms with Gasteiger partial charge in [-0.15, -0.1) is 11.3 Å². The van der Waals surface area contributed by atoms with Gasteiger partial charge in [0.25, 0.3) is 0 Å². The molecular formula is C20H17FN4OS. The van der Waals surface area contributed by atoms with Crippen molar-refractivity contribution in [2.75, 3.05) is 5.32 Å². The van der Waals surface area contributed by atoms with E-state index in [1.807, 2.05) is 11.4 Å². The summed E-state index contributed by atoms with van der Waals surface area (Å²) in [6, 6.07) is 9.10. The molecule has 0 fully saturated rings. The number of aromatic nitrogens is 3. The lowest BCUT2D eigenvalue weighted by Gasteiger charge is -2.02. The van der Waals surface area contributed by atoms with Crippen LogP contribution in [0.3, 0.4) is 0 Å². The first-order valence-corrected chi connectivity index (χ1v) is 9.32. The van der Waals surface area contributed by atoms with Crippen LogP contribution in [0, 0.1) is 19.7 Å². The molecule has 27 heavy (non-hydrogen) atoms. The molecule has 3 heterocycles. The minimum atomic E-state index is -0.349. The van der Waals surface area contributed by atoms with Crippen LogP contribution in [-0.2, 0) is 11.2 Å². The number of hydrogen-bond donors (Lipinski definition) is 1. The van der Waals surface area contributed by atoms with Gasteiger partial charge in [-0.1, -0.05) is 12.1 Å². The maximum atomic E-state index is 13.3. The van der Waals surface area contributed by atoms with Gasteiger partial charge in [-0.2, -0.15) is 0 Å². The summed E-state index contributed by atoms with van der Waals surface area (Å²) in [6.45, 7) is 4.13. The zero-order chi connectivity index (χ0) is 19.0. The Morgan fingerprint density at radius 2 is 2.00 bits per heavy atom. The summed E-state index contributed by atoms with van der Waals surface area (Å²) >= 11 is 1.38. The Balaban J connectivity index is 1.46. The van der Waals surface area contributed by atoms with E-state index in [9.17, 15) is 9.18 Å². The molecule has 136 valence electrons. The molecule has 0 aliphatic heterocycles. The average Bonchev–Trinajstić information content (AvgIpc) is 3.23. The molecule has 7 heteroatoms. The predicted octanol–water partition coefficient (Wildman–Crippen LogP) is 4.39. The number of nitrogens with one attached hydrogen (secondary N) is 1. The van der Waals surface area contributed by atoms with Crippen LogP contribution in [0.25, 0.3) is 16.9 Å². The molecule has 0 aliphatic rings. The Kier molecular flexibility index (Phi) is 4.45. The third-order valence-corrected chi connectivity index (χ3v) is 5.12. The molecule has 1 N–H and O–H groups in total. The van der Waals surface area contributed by atoms with Gasteiger partial charge in [0.15, 0.2) is 5.13 Å². The van der Waals surface area contributed by atoms with E-state index in [2.05, 4.69) is 41.3 Å². The zero-order valence-corrected chi connectivity index (χ0v) is 15.7. The van der Waals surface area contributed by atoms with Gasteiger partial charge in [-0.3, -0.25) is 4.79 Å². The first-order chi connectivity index (χ1) is 13.0. The van der Waals surface area contributed by atoms with E-state index in [0.29, 0.717) is 16.5 Å². The monoisotopic (exact) mass is 380 g/mol. The van der Waals surface area contributed by atoms with Gasteiger partial charge in [-0.25, -0.2) is 14.4 Å². The lowest BCUT2D eigenvalue weighted by Crippen LogP contribution is -2.14. The highest BCUT2D eigenvalue weighted by Gasteiger charge is 2.11. The summed E-state index contributed by atoms with van der Waals surface area (Å²) in [5.74, 6) is -0.558. The van der Waals surface area contributed by atoms with Gasteiger partial charge < -0.3 is 9.72 Å². The molecule has 0 spiro atoms. The maximum absolute atomic E-state index is 13.3. The Labute approximate surface area is 159 Å². The number of thiazole rings is 1. The second-order valence-electron chi connectivity index (χ2n) is 6.41. The second-order valence-corrected chi connectivity index (χ2v) is 7.27. The summed E-state index contributed by atoms with van der Waals surface area (Å²) in [7, 11) is 0. The SMILES string of the molecule is Cc1ccc(-c2csc(NC(=O)Cc3cn4cc(F)ccc4n3)n2)cc1C. The van der Waals surface area contributed by atoms with E-state index >= 15 is 0 Å². The number of benzene rings is 1. The molecular weight excluding hydrogens is 363 g/mol. The van der Waals surface area contributed by atoms with Crippen LogP contribution in [0.15, 0.2) is 48.1 Å². The lowest BCUT2D eigenvalue weighted by molar-refractivity contribution is -0.115. The van der Waals surface area contributed by atoms with Gasteiger partial charge in [0, 0.05) is 23.3 Å². The molecule has 4 aromatic rings. The molecule has 0 bridgehead atoms. The predicted molar refractivity (Wildman–Crippen MR) is 105 cm³/mol. The third kappa shape index (κ3) is 3.73. The van der Waals surface area contributed by atoms with E-state index in [1.165, 1.54) is 34.7 Å². The summed E-state index contributed by atoms with van der Waals surface area (Å²) in [4.78, 5) is 21.1. The van der Waals surface area contributed by atoms with Crippen molar-refractivity contribution in [2.45, 2.75) is 20.3 Å². The van der Waals surface area contributed by atoms with E-state index < -0.39 is 0 Å². The highest BCUT2D eigenvalue weighted by molar-refractivity contribution is 7.14. The number of nitrogens with zero attached hydrogens (tertiary/aromatic N) is 3. The minimum Gasteiger partial charge on any atom is -0.304 e. The normalized spacial score (nSPS) is 11.1. The highest BCUT2D eigenvalue weighted by atomic mass is 32.1. The molecule has 0 aliphatic carbocycles. The number of amides is 1. The number of fused-ring (bicyclic) bond motifs is 1. The van der Waals surface area contributed by atoms with Gasteiger partial charge in [0.05, 0.1) is 17.8 Å². The minimum absolute atomic E-state index is 0.0991. The molecule has 0 atom stereocenters. The Hall–Kier alpha value is -3.06. The third-order valence-electron chi connectivity index (χ3n) is 4.36. The van der Waals surface area contributed by atoms with Crippen molar-refractivity contribution in [1.82, 2.24) is 14.4 Å². The molecule has 5 nitrogen and oxygen atoms in total. The van der Waals surface area contributed by atoms with Gasteiger partial charge >= 0.3 is 0 Å². The van der Waals surface area contributed by atoms with Crippen molar-refractivity contribution in [1.29, 1.82) is 0 Å². The topological polar surface area (TPSA) is 59.3 Å². The molecule has 3 aromatic heterocycles. The second kappa shape index (κ2) is 6.92. The van der Waals surface area contributed by atoms with Crippen LogP contribution < -0.4 is 5.32 Å². The fraction of sp³-hybridized carbons (Fsp3) is 0.150. The number of hydrogen-bond acceptors (Lipinski definition) is 4. The van der Waals surface area contributed by atoms with Crippen LogP contribution in [0.5, 0.6) is 0 Å². The summed E-state index contributed by atoms with van der Waals surface area (Å²) < 4.78 is 14.8. The number of carbonyl (C=O) groups excluding carboxylic acids is 1. The van der Waals surface area contributed by atoms with Crippen molar-refractivity contribution in [2.24, 2.45) is 0 Å². The summed E-state index contributed by atoms with van der Waals surface area (Å²) in [6.07, 6.45) is 3.09. The van der Waals surface area contributed by atoms with Crippen molar-refractivity contribution in [3.63, 3.8) is 0 Å². The van der Waals surface area contributed by atoms with E-state index in [0.717, 1.165) is 11.3 Å². The number of anilines is 1. The van der Waals surface area contributed by atoms with Gasteiger partial charge in [-0.05, 0) is 43.2 Å². The number of carbonyl (C=O) groups is 1.